The zero-order valence-corrected chi connectivity index (χ0v) is 26.6. The van der Waals surface area contributed by atoms with E-state index in [0.29, 0.717) is 34.7 Å². The summed E-state index contributed by atoms with van der Waals surface area (Å²) < 4.78 is 8.70. The molecule has 0 spiro atoms. The second-order valence-electron chi connectivity index (χ2n) is 12.1. The highest BCUT2D eigenvalue weighted by Crippen LogP contribution is 2.38. The Morgan fingerprint density at radius 2 is 0.960 bits per heavy atom. The fourth-order valence-corrected chi connectivity index (χ4v) is 6.80. The highest BCUT2D eigenvalue weighted by molar-refractivity contribution is 6.12. The number of rotatable bonds is 5. The summed E-state index contributed by atoms with van der Waals surface area (Å²) in [4.78, 5) is 25.3. The molecule has 0 aliphatic heterocycles. The van der Waals surface area contributed by atoms with Crippen molar-refractivity contribution in [1.29, 1.82) is 0 Å². The lowest BCUT2D eigenvalue weighted by Gasteiger charge is -2.10. The van der Waals surface area contributed by atoms with Gasteiger partial charge < -0.3 is 8.98 Å². The molecule has 7 nitrogen and oxygen atoms in total. The summed E-state index contributed by atoms with van der Waals surface area (Å²) in [6, 6.07) is 53.1. The van der Waals surface area contributed by atoms with E-state index in [2.05, 4.69) is 71.3 Å². The summed E-state index contributed by atoms with van der Waals surface area (Å²) in [7, 11) is 0. The Hall–Kier alpha value is -6.99. The molecule has 0 saturated heterocycles. The lowest BCUT2D eigenvalue weighted by Crippen LogP contribution is -2.03. The number of benzene rings is 6. The van der Waals surface area contributed by atoms with Gasteiger partial charge in [0.05, 0.1) is 16.4 Å². The van der Waals surface area contributed by atoms with E-state index in [4.69, 9.17) is 29.3 Å². The SMILES string of the molecule is c1ccc(-c2nc(-c3ccccc3)nc(-c3nc(-c4ccc5c(c4)c4ccccc4n5-c4ccccc4)nc4oc5ccccc5c34)n2)cc1. The van der Waals surface area contributed by atoms with Crippen LogP contribution in [0.4, 0.5) is 0 Å². The van der Waals surface area contributed by atoms with E-state index in [1.54, 1.807) is 0 Å². The number of aromatic nitrogens is 6. The molecule has 0 fully saturated rings. The van der Waals surface area contributed by atoms with Gasteiger partial charge in [-0.05, 0) is 42.5 Å². The van der Waals surface area contributed by atoms with Crippen LogP contribution in [0.1, 0.15) is 0 Å². The Kier molecular flexibility index (Phi) is 6.35. The number of hydrogen-bond acceptors (Lipinski definition) is 6. The minimum absolute atomic E-state index is 0.444. The maximum atomic E-state index is 6.40. The van der Waals surface area contributed by atoms with E-state index in [0.717, 1.165) is 60.5 Å². The Bertz CT molecular complexity index is 2810. The summed E-state index contributed by atoms with van der Waals surface area (Å²) in [5, 5.41) is 3.91. The predicted molar refractivity (Wildman–Crippen MR) is 199 cm³/mol. The molecule has 6 aromatic carbocycles. The molecule has 4 aromatic heterocycles. The lowest BCUT2D eigenvalue weighted by molar-refractivity contribution is 0.653. The third-order valence-corrected chi connectivity index (χ3v) is 9.10. The van der Waals surface area contributed by atoms with Crippen molar-refractivity contribution in [3.8, 4) is 51.4 Å². The van der Waals surface area contributed by atoms with Crippen LogP contribution in [0.5, 0.6) is 0 Å². The number of furan rings is 1. The Balaban J connectivity index is 1.24. The molecule has 50 heavy (non-hydrogen) atoms. The standard InChI is InChI=1S/C43H26N6O/c1-4-14-27(15-5-1)39-45-40(28-16-6-2-7-17-28)47-42(46-39)38-37-32-21-11-13-23-36(32)50-43(37)48-41(44-38)29-24-25-35-33(26-29)31-20-10-12-22-34(31)49(35)30-18-8-3-9-19-30/h1-26H. The minimum Gasteiger partial charge on any atom is -0.438 e. The van der Waals surface area contributed by atoms with Crippen molar-refractivity contribution in [2.24, 2.45) is 0 Å². The third kappa shape index (κ3) is 4.56. The van der Waals surface area contributed by atoms with Crippen molar-refractivity contribution in [3.05, 3.63) is 158 Å². The Morgan fingerprint density at radius 3 is 1.68 bits per heavy atom. The van der Waals surface area contributed by atoms with E-state index in [1.165, 1.54) is 0 Å². The zero-order chi connectivity index (χ0) is 33.0. The fraction of sp³-hybridized carbons (Fsp3) is 0. The number of nitrogens with zero attached hydrogens (tertiary/aromatic N) is 6. The van der Waals surface area contributed by atoms with Crippen LogP contribution in [-0.4, -0.2) is 29.5 Å². The second-order valence-corrected chi connectivity index (χ2v) is 12.1. The average Bonchev–Trinajstić information content (AvgIpc) is 3.74. The van der Waals surface area contributed by atoms with Crippen LogP contribution in [0.2, 0.25) is 0 Å². The summed E-state index contributed by atoms with van der Waals surface area (Å²) >= 11 is 0. The predicted octanol–water partition coefficient (Wildman–Crippen LogP) is 10.3. The van der Waals surface area contributed by atoms with Crippen LogP contribution in [0.15, 0.2) is 162 Å². The smallest absolute Gasteiger partial charge is 0.231 e. The van der Waals surface area contributed by atoms with Gasteiger partial charge in [0, 0.05) is 38.5 Å². The van der Waals surface area contributed by atoms with E-state index < -0.39 is 0 Å². The normalized spacial score (nSPS) is 11.6. The van der Waals surface area contributed by atoms with Crippen molar-refractivity contribution in [3.63, 3.8) is 0 Å². The minimum atomic E-state index is 0.444. The van der Waals surface area contributed by atoms with Gasteiger partial charge >= 0.3 is 0 Å². The molecule has 0 N–H and O–H groups in total. The second kappa shape index (κ2) is 11.3. The molecule has 0 atom stereocenters. The molecule has 0 amide bonds. The molecule has 10 rings (SSSR count). The Labute approximate surface area is 286 Å². The van der Waals surface area contributed by atoms with Gasteiger partial charge in [-0.3, -0.25) is 0 Å². The van der Waals surface area contributed by atoms with Gasteiger partial charge in [-0.2, -0.15) is 4.98 Å². The molecule has 10 aromatic rings. The summed E-state index contributed by atoms with van der Waals surface area (Å²) in [6.45, 7) is 0. The van der Waals surface area contributed by atoms with Crippen molar-refractivity contribution >= 4 is 43.9 Å². The van der Waals surface area contributed by atoms with Crippen LogP contribution in [0.3, 0.4) is 0 Å². The van der Waals surface area contributed by atoms with Gasteiger partial charge in [0.15, 0.2) is 23.3 Å². The molecule has 0 aliphatic carbocycles. The number of para-hydroxylation sites is 3. The summed E-state index contributed by atoms with van der Waals surface area (Å²) in [6.07, 6.45) is 0. The van der Waals surface area contributed by atoms with Gasteiger partial charge in [-0.25, -0.2) is 19.9 Å². The van der Waals surface area contributed by atoms with Gasteiger partial charge in [-0.1, -0.05) is 115 Å². The zero-order valence-electron chi connectivity index (χ0n) is 26.6. The average molecular weight is 643 g/mol. The van der Waals surface area contributed by atoms with Crippen LogP contribution in [-0.2, 0) is 0 Å². The first-order valence-electron chi connectivity index (χ1n) is 16.4. The van der Waals surface area contributed by atoms with E-state index in [-0.39, 0.29) is 0 Å². The van der Waals surface area contributed by atoms with Crippen molar-refractivity contribution in [2.45, 2.75) is 0 Å². The van der Waals surface area contributed by atoms with Crippen LogP contribution in [0.25, 0.3) is 95.2 Å². The first kappa shape index (κ1) is 28.1. The highest BCUT2D eigenvalue weighted by Gasteiger charge is 2.23. The number of hydrogen-bond donors (Lipinski definition) is 0. The molecule has 0 unspecified atom stereocenters. The largest absolute Gasteiger partial charge is 0.438 e. The van der Waals surface area contributed by atoms with Crippen LogP contribution >= 0.6 is 0 Å². The fourth-order valence-electron chi connectivity index (χ4n) is 6.80. The molecule has 0 saturated carbocycles. The molecular formula is C43H26N6O. The van der Waals surface area contributed by atoms with Crippen molar-refractivity contribution in [2.75, 3.05) is 0 Å². The Morgan fingerprint density at radius 1 is 0.400 bits per heavy atom. The van der Waals surface area contributed by atoms with Crippen LogP contribution in [0, 0.1) is 0 Å². The molecule has 4 heterocycles. The quantitative estimate of drug-likeness (QED) is 0.186. The topological polar surface area (TPSA) is 82.5 Å². The molecule has 234 valence electrons. The first-order chi connectivity index (χ1) is 24.8. The van der Waals surface area contributed by atoms with Crippen LogP contribution < -0.4 is 0 Å². The highest BCUT2D eigenvalue weighted by atomic mass is 16.3. The van der Waals surface area contributed by atoms with Crippen molar-refractivity contribution in [1.82, 2.24) is 29.5 Å². The third-order valence-electron chi connectivity index (χ3n) is 9.10. The van der Waals surface area contributed by atoms with E-state index >= 15 is 0 Å². The summed E-state index contributed by atoms with van der Waals surface area (Å²) in [5.41, 5.74) is 7.74. The first-order valence-corrected chi connectivity index (χ1v) is 16.4. The molecule has 0 bridgehead atoms. The van der Waals surface area contributed by atoms with Gasteiger partial charge in [-0.15, -0.1) is 0 Å². The van der Waals surface area contributed by atoms with E-state index in [9.17, 15) is 0 Å². The van der Waals surface area contributed by atoms with Gasteiger partial charge in [0.1, 0.15) is 11.3 Å². The lowest BCUT2D eigenvalue weighted by atomic mass is 10.1. The van der Waals surface area contributed by atoms with Crippen molar-refractivity contribution < 1.29 is 4.42 Å². The summed E-state index contributed by atoms with van der Waals surface area (Å²) in [5.74, 6) is 2.09. The molecule has 7 heteroatoms. The maximum Gasteiger partial charge on any atom is 0.231 e. The van der Waals surface area contributed by atoms with Gasteiger partial charge in [0.25, 0.3) is 0 Å². The van der Waals surface area contributed by atoms with Gasteiger partial charge in [0.2, 0.25) is 5.71 Å². The number of fused-ring (bicyclic) bond motifs is 6. The molecular weight excluding hydrogens is 617 g/mol. The molecule has 0 aliphatic rings. The maximum absolute atomic E-state index is 6.40. The monoisotopic (exact) mass is 642 g/mol. The van der Waals surface area contributed by atoms with E-state index in [1.807, 2.05) is 91.0 Å². The molecule has 0 radical (unpaired) electrons.